The van der Waals surface area contributed by atoms with Crippen LogP contribution in [0.25, 0.3) is 0 Å². The molecule has 0 aliphatic carbocycles. The molecule has 122 valence electrons. The number of carbonyl (C=O) groups is 1. The number of nitrogens with zero attached hydrogens (tertiary/aromatic N) is 3. The summed E-state index contributed by atoms with van der Waals surface area (Å²) in [5, 5.41) is 10.6. The van der Waals surface area contributed by atoms with Crippen LogP contribution in [0.15, 0.2) is 36.7 Å². The number of benzene rings is 1. The summed E-state index contributed by atoms with van der Waals surface area (Å²) in [7, 11) is 0. The average molecular weight is 346 g/mol. The Kier molecular flexibility index (Phi) is 9.40. The molecule has 1 heterocycles. The molecule has 0 aliphatic rings. The van der Waals surface area contributed by atoms with Crippen LogP contribution in [0, 0.1) is 0 Å². The Bertz CT molecular complexity index is 561. The van der Waals surface area contributed by atoms with Crippen LogP contribution >= 0.6 is 24.8 Å². The third-order valence-electron chi connectivity index (χ3n) is 3.11. The van der Waals surface area contributed by atoms with Gasteiger partial charge in [-0.3, -0.25) is 4.79 Å². The molecule has 0 saturated heterocycles. The van der Waals surface area contributed by atoms with Crippen LogP contribution in [0.3, 0.4) is 0 Å². The quantitative estimate of drug-likeness (QED) is 0.836. The van der Waals surface area contributed by atoms with Gasteiger partial charge in [-0.05, 0) is 12.5 Å². The van der Waals surface area contributed by atoms with Crippen molar-refractivity contribution in [3.05, 3.63) is 48.0 Å². The van der Waals surface area contributed by atoms with Crippen LogP contribution in [-0.2, 0) is 17.9 Å². The molecule has 8 heteroatoms. The lowest BCUT2D eigenvalue weighted by atomic mass is 10.0. The molecule has 6 nitrogen and oxygen atoms in total. The van der Waals surface area contributed by atoms with E-state index in [1.54, 1.807) is 6.33 Å². The molecule has 1 atom stereocenters. The highest BCUT2D eigenvalue weighted by Crippen LogP contribution is 2.12. The van der Waals surface area contributed by atoms with Crippen molar-refractivity contribution in [3.63, 3.8) is 0 Å². The summed E-state index contributed by atoms with van der Waals surface area (Å²) in [6.07, 6.45) is 1.90. The van der Waals surface area contributed by atoms with Gasteiger partial charge in [0.2, 0.25) is 5.91 Å². The molecule has 2 rings (SSSR count). The van der Waals surface area contributed by atoms with E-state index in [1.165, 1.54) is 0 Å². The highest BCUT2D eigenvalue weighted by molar-refractivity contribution is 5.85. The largest absolute Gasteiger partial charge is 0.349 e. The highest BCUT2D eigenvalue weighted by atomic mass is 35.5. The minimum Gasteiger partial charge on any atom is -0.349 e. The van der Waals surface area contributed by atoms with Crippen molar-refractivity contribution in [2.45, 2.75) is 32.5 Å². The summed E-state index contributed by atoms with van der Waals surface area (Å²) >= 11 is 0. The first kappa shape index (κ1) is 20.4. The van der Waals surface area contributed by atoms with Crippen molar-refractivity contribution < 1.29 is 4.79 Å². The van der Waals surface area contributed by atoms with Gasteiger partial charge in [0.15, 0.2) is 5.82 Å². The summed E-state index contributed by atoms with van der Waals surface area (Å²) in [4.78, 5) is 11.9. The standard InChI is InChI=1S/C14H19N5O.2ClH/c1-2-19-10-17-18-13(19)9-16-14(20)8-12(15)11-6-4-3-5-7-11;;/h3-7,10,12H,2,8-9,15H2,1H3,(H,16,20);2*1H. The van der Waals surface area contributed by atoms with Crippen molar-refractivity contribution in [1.82, 2.24) is 20.1 Å². The normalized spacial score (nSPS) is 11.0. The van der Waals surface area contributed by atoms with Gasteiger partial charge in [-0.15, -0.1) is 35.0 Å². The number of carbonyl (C=O) groups excluding carboxylic acids is 1. The van der Waals surface area contributed by atoms with E-state index in [-0.39, 0.29) is 43.2 Å². The summed E-state index contributed by atoms with van der Waals surface area (Å²) in [6, 6.07) is 9.30. The number of hydrogen-bond donors (Lipinski definition) is 2. The first-order valence-electron chi connectivity index (χ1n) is 6.64. The molecule has 0 radical (unpaired) electrons. The van der Waals surface area contributed by atoms with Crippen molar-refractivity contribution in [1.29, 1.82) is 0 Å². The minimum absolute atomic E-state index is 0. The molecule has 0 bridgehead atoms. The lowest BCUT2D eigenvalue weighted by molar-refractivity contribution is -0.121. The van der Waals surface area contributed by atoms with Gasteiger partial charge in [0, 0.05) is 19.0 Å². The molecular weight excluding hydrogens is 325 g/mol. The monoisotopic (exact) mass is 345 g/mol. The van der Waals surface area contributed by atoms with E-state index in [4.69, 9.17) is 5.73 Å². The summed E-state index contributed by atoms with van der Waals surface area (Å²) in [5.74, 6) is 0.654. The predicted octanol–water partition coefficient (Wildman–Crippen LogP) is 1.85. The van der Waals surface area contributed by atoms with Gasteiger partial charge >= 0.3 is 0 Å². The van der Waals surface area contributed by atoms with E-state index in [2.05, 4.69) is 15.5 Å². The van der Waals surface area contributed by atoms with Gasteiger partial charge in [0.1, 0.15) is 6.33 Å². The number of aromatic nitrogens is 3. The molecule has 0 spiro atoms. The molecule has 1 aromatic heterocycles. The zero-order valence-electron chi connectivity index (χ0n) is 12.3. The van der Waals surface area contributed by atoms with Crippen molar-refractivity contribution in [2.75, 3.05) is 0 Å². The van der Waals surface area contributed by atoms with Crippen LogP contribution in [0.5, 0.6) is 0 Å². The summed E-state index contributed by atoms with van der Waals surface area (Å²) in [6.45, 7) is 3.15. The Labute approximate surface area is 142 Å². The molecular formula is C14H21Cl2N5O. The van der Waals surface area contributed by atoms with Gasteiger partial charge in [-0.1, -0.05) is 30.3 Å². The van der Waals surface area contributed by atoms with Crippen molar-refractivity contribution in [3.8, 4) is 0 Å². The lowest BCUT2D eigenvalue weighted by Gasteiger charge is -2.12. The van der Waals surface area contributed by atoms with Gasteiger partial charge in [-0.25, -0.2) is 0 Å². The number of aryl methyl sites for hydroxylation is 1. The van der Waals surface area contributed by atoms with Crippen LogP contribution in [0.1, 0.15) is 30.8 Å². The summed E-state index contributed by atoms with van der Waals surface area (Å²) in [5.41, 5.74) is 6.96. The minimum atomic E-state index is -0.291. The molecule has 1 amide bonds. The molecule has 0 aliphatic heterocycles. The first-order chi connectivity index (χ1) is 9.70. The molecule has 22 heavy (non-hydrogen) atoms. The Balaban J connectivity index is 0.00000220. The fourth-order valence-corrected chi connectivity index (χ4v) is 1.95. The van der Waals surface area contributed by atoms with E-state index in [1.807, 2.05) is 41.8 Å². The van der Waals surface area contributed by atoms with E-state index in [0.29, 0.717) is 6.54 Å². The number of amides is 1. The second-order valence-corrected chi connectivity index (χ2v) is 4.53. The molecule has 1 unspecified atom stereocenters. The molecule has 0 saturated carbocycles. The third-order valence-corrected chi connectivity index (χ3v) is 3.11. The Morgan fingerprint density at radius 2 is 2.00 bits per heavy atom. The van der Waals surface area contributed by atoms with E-state index < -0.39 is 0 Å². The zero-order valence-corrected chi connectivity index (χ0v) is 13.9. The van der Waals surface area contributed by atoms with E-state index in [0.717, 1.165) is 17.9 Å². The third kappa shape index (κ3) is 5.63. The number of nitrogens with one attached hydrogen (secondary N) is 1. The van der Waals surface area contributed by atoms with E-state index in [9.17, 15) is 4.79 Å². The van der Waals surface area contributed by atoms with Gasteiger partial charge < -0.3 is 15.6 Å². The van der Waals surface area contributed by atoms with Gasteiger partial charge in [0.05, 0.1) is 6.54 Å². The Hall–Kier alpha value is -1.63. The number of nitrogens with two attached hydrogens (primary N) is 1. The predicted molar refractivity (Wildman–Crippen MR) is 90.0 cm³/mol. The van der Waals surface area contributed by atoms with Crippen LogP contribution < -0.4 is 11.1 Å². The maximum Gasteiger partial charge on any atom is 0.222 e. The Morgan fingerprint density at radius 1 is 1.32 bits per heavy atom. The summed E-state index contributed by atoms with van der Waals surface area (Å²) < 4.78 is 1.89. The number of rotatable bonds is 6. The van der Waals surface area contributed by atoms with Gasteiger partial charge in [-0.2, -0.15) is 0 Å². The van der Waals surface area contributed by atoms with E-state index >= 15 is 0 Å². The number of hydrogen-bond acceptors (Lipinski definition) is 4. The zero-order chi connectivity index (χ0) is 14.4. The van der Waals surface area contributed by atoms with Crippen molar-refractivity contribution >= 4 is 30.7 Å². The SMILES string of the molecule is CCn1cnnc1CNC(=O)CC(N)c1ccccc1.Cl.Cl. The van der Waals surface area contributed by atoms with Crippen LogP contribution in [-0.4, -0.2) is 20.7 Å². The lowest BCUT2D eigenvalue weighted by Crippen LogP contribution is -2.28. The molecule has 3 N–H and O–H groups in total. The maximum atomic E-state index is 11.9. The second kappa shape index (κ2) is 10.2. The fourth-order valence-electron chi connectivity index (χ4n) is 1.95. The molecule has 2 aromatic rings. The Morgan fingerprint density at radius 3 is 2.64 bits per heavy atom. The molecule has 1 aromatic carbocycles. The van der Waals surface area contributed by atoms with Crippen LogP contribution in [0.2, 0.25) is 0 Å². The maximum absolute atomic E-state index is 11.9. The number of halogens is 2. The van der Waals surface area contributed by atoms with Gasteiger partial charge in [0.25, 0.3) is 0 Å². The molecule has 0 fully saturated rings. The highest BCUT2D eigenvalue weighted by Gasteiger charge is 2.12. The first-order valence-corrected chi connectivity index (χ1v) is 6.64. The topological polar surface area (TPSA) is 85.8 Å². The smallest absolute Gasteiger partial charge is 0.222 e. The fraction of sp³-hybridized carbons (Fsp3) is 0.357. The second-order valence-electron chi connectivity index (χ2n) is 4.53. The van der Waals surface area contributed by atoms with Crippen LogP contribution in [0.4, 0.5) is 0 Å². The average Bonchev–Trinajstić information content (AvgIpc) is 2.93. The van der Waals surface area contributed by atoms with Crippen molar-refractivity contribution in [2.24, 2.45) is 5.73 Å².